The minimum Gasteiger partial charge on any atom is -0.478 e. The lowest BCUT2D eigenvalue weighted by Gasteiger charge is -2.17. The molecule has 1 aliphatic heterocycles. The summed E-state index contributed by atoms with van der Waals surface area (Å²) in [5.74, 6) is -1.94. The van der Waals surface area contributed by atoms with E-state index < -0.39 is 37.4 Å². The number of carboxylic acid groups (broad SMARTS) is 1. The third-order valence-corrected chi connectivity index (χ3v) is 7.98. The van der Waals surface area contributed by atoms with Crippen molar-refractivity contribution >= 4 is 26.1 Å². The number of hydrogen-bond donors (Lipinski definition) is 1. The molecule has 0 unspecified atom stereocenters. The van der Waals surface area contributed by atoms with Crippen LogP contribution in [0.15, 0.2) is 46.2 Å². The summed E-state index contributed by atoms with van der Waals surface area (Å²) in [7, 11) is -8.15. The van der Waals surface area contributed by atoms with Crippen molar-refractivity contribution < 1.29 is 30.9 Å². The minimum absolute atomic E-state index is 0.120. The molecule has 8 nitrogen and oxygen atoms in total. The van der Waals surface area contributed by atoms with Gasteiger partial charge in [0.25, 0.3) is 0 Å². The summed E-state index contributed by atoms with van der Waals surface area (Å²) in [6.07, 6.45) is 1.47. The van der Waals surface area contributed by atoms with Gasteiger partial charge in [-0.1, -0.05) is 6.07 Å². The lowest BCUT2D eigenvalue weighted by atomic mass is 10.1. The Kier molecular flexibility index (Phi) is 5.70. The van der Waals surface area contributed by atoms with E-state index in [1.54, 1.807) is 13.0 Å². The van der Waals surface area contributed by atoms with Gasteiger partial charge in [0.15, 0.2) is 5.75 Å². The largest absolute Gasteiger partial charge is 0.478 e. The molecule has 0 radical (unpaired) electrons. The summed E-state index contributed by atoms with van der Waals surface area (Å²) in [4.78, 5) is 11.3. The Hall–Kier alpha value is -2.43. The van der Waals surface area contributed by atoms with E-state index >= 15 is 0 Å². The quantitative estimate of drug-likeness (QED) is 0.687. The van der Waals surface area contributed by atoms with Crippen LogP contribution in [0.3, 0.4) is 0 Å². The van der Waals surface area contributed by atoms with E-state index in [-0.39, 0.29) is 9.79 Å². The first-order chi connectivity index (χ1) is 13.5. The van der Waals surface area contributed by atoms with Crippen molar-refractivity contribution in [2.24, 2.45) is 0 Å². The lowest BCUT2D eigenvalue weighted by Crippen LogP contribution is -2.28. The zero-order chi connectivity index (χ0) is 21.4. The second kappa shape index (κ2) is 7.77. The molecule has 0 spiro atoms. The Labute approximate surface area is 169 Å². The monoisotopic (exact) mass is 439 g/mol. The summed E-state index contributed by atoms with van der Waals surface area (Å²) in [5.41, 5.74) is 1.09. The summed E-state index contributed by atoms with van der Waals surface area (Å²) < 4.78 is 56.8. The topological polar surface area (TPSA) is 118 Å². The Bertz CT molecular complexity index is 1170. The van der Waals surface area contributed by atoms with Gasteiger partial charge in [0.2, 0.25) is 10.0 Å². The Morgan fingerprint density at radius 2 is 1.55 bits per heavy atom. The van der Waals surface area contributed by atoms with Gasteiger partial charge in [0.05, 0.1) is 4.90 Å². The number of sulfonamides is 1. The lowest BCUT2D eigenvalue weighted by molar-refractivity contribution is 0.0695. The van der Waals surface area contributed by atoms with Crippen LogP contribution in [0.5, 0.6) is 5.75 Å². The molecular weight excluding hydrogens is 418 g/mol. The highest BCUT2D eigenvalue weighted by molar-refractivity contribution is 7.89. The van der Waals surface area contributed by atoms with Gasteiger partial charge in [-0.05, 0) is 68.1 Å². The number of carbonyl (C=O) groups is 1. The van der Waals surface area contributed by atoms with Crippen molar-refractivity contribution in [3.8, 4) is 5.75 Å². The van der Waals surface area contributed by atoms with E-state index in [0.717, 1.165) is 42.2 Å². The molecule has 1 N–H and O–H groups in total. The smallest absolute Gasteiger partial charge is 0.339 e. The number of aryl methyl sites for hydroxylation is 2. The number of benzene rings is 2. The highest BCUT2D eigenvalue weighted by atomic mass is 32.2. The van der Waals surface area contributed by atoms with E-state index in [1.165, 1.54) is 16.4 Å². The highest BCUT2D eigenvalue weighted by Crippen LogP contribution is 2.29. The van der Waals surface area contributed by atoms with E-state index in [1.807, 2.05) is 6.92 Å². The molecule has 0 atom stereocenters. The van der Waals surface area contributed by atoms with Crippen LogP contribution in [-0.2, 0) is 20.1 Å². The second-order valence-corrected chi connectivity index (χ2v) is 10.3. The van der Waals surface area contributed by atoms with E-state index in [9.17, 15) is 26.7 Å². The first-order valence-corrected chi connectivity index (χ1v) is 11.8. The molecule has 0 aliphatic carbocycles. The molecule has 2 aromatic rings. The standard InChI is InChI=1S/C19H21NO7S2/c1-13-5-6-16(11-14(13)2)29(25,26)27-18-8-7-15(12-17(18)19(21)22)28(23,24)20-9-3-4-10-20/h5-8,11-12H,3-4,9-10H2,1-2H3,(H,21,22). The predicted octanol–water partition coefficient (Wildman–Crippen LogP) is 2.55. The van der Waals surface area contributed by atoms with Crippen molar-refractivity contribution in [2.45, 2.75) is 36.5 Å². The molecule has 1 saturated heterocycles. The van der Waals surface area contributed by atoms with Crippen molar-refractivity contribution in [2.75, 3.05) is 13.1 Å². The molecule has 29 heavy (non-hydrogen) atoms. The molecule has 3 rings (SSSR count). The van der Waals surface area contributed by atoms with Crippen molar-refractivity contribution in [3.63, 3.8) is 0 Å². The third-order valence-electron chi connectivity index (χ3n) is 4.85. The summed E-state index contributed by atoms with van der Waals surface area (Å²) in [6, 6.07) is 7.56. The van der Waals surface area contributed by atoms with Crippen LogP contribution < -0.4 is 4.18 Å². The average Bonchev–Trinajstić information content (AvgIpc) is 3.19. The van der Waals surface area contributed by atoms with Gasteiger partial charge in [-0.15, -0.1) is 0 Å². The van der Waals surface area contributed by atoms with Crippen molar-refractivity contribution in [1.29, 1.82) is 0 Å². The second-order valence-electron chi connectivity index (χ2n) is 6.86. The van der Waals surface area contributed by atoms with E-state index in [2.05, 4.69) is 0 Å². The van der Waals surface area contributed by atoms with E-state index in [4.69, 9.17) is 4.18 Å². The van der Waals surface area contributed by atoms with Crippen molar-refractivity contribution in [3.05, 3.63) is 53.1 Å². The van der Waals surface area contributed by atoms with Crippen LogP contribution in [0.4, 0.5) is 0 Å². The zero-order valence-corrected chi connectivity index (χ0v) is 17.6. The summed E-state index contributed by atoms with van der Waals surface area (Å²) >= 11 is 0. The maximum Gasteiger partial charge on any atom is 0.339 e. The highest BCUT2D eigenvalue weighted by Gasteiger charge is 2.29. The fourth-order valence-corrected chi connectivity index (χ4v) is 5.60. The van der Waals surface area contributed by atoms with Crippen LogP contribution in [0.1, 0.15) is 34.3 Å². The van der Waals surface area contributed by atoms with Gasteiger partial charge >= 0.3 is 16.1 Å². The van der Waals surface area contributed by atoms with Crippen LogP contribution in [0, 0.1) is 13.8 Å². The molecule has 1 fully saturated rings. The number of nitrogens with zero attached hydrogens (tertiary/aromatic N) is 1. The Balaban J connectivity index is 1.99. The maximum absolute atomic E-state index is 12.7. The first kappa shape index (κ1) is 21.3. The van der Waals surface area contributed by atoms with Crippen LogP contribution in [0.2, 0.25) is 0 Å². The van der Waals surface area contributed by atoms with Gasteiger partial charge in [-0.3, -0.25) is 0 Å². The molecule has 1 aliphatic rings. The first-order valence-electron chi connectivity index (χ1n) is 8.91. The van der Waals surface area contributed by atoms with Crippen molar-refractivity contribution in [1.82, 2.24) is 4.31 Å². The Morgan fingerprint density at radius 3 is 2.14 bits per heavy atom. The molecule has 0 bridgehead atoms. The third kappa shape index (κ3) is 4.29. The van der Waals surface area contributed by atoms with Gasteiger partial charge < -0.3 is 9.29 Å². The van der Waals surface area contributed by atoms with E-state index in [0.29, 0.717) is 13.1 Å². The molecule has 156 valence electrons. The molecule has 0 aromatic heterocycles. The summed E-state index contributed by atoms with van der Waals surface area (Å²) in [5, 5.41) is 9.49. The van der Waals surface area contributed by atoms with Gasteiger partial charge in [0.1, 0.15) is 10.5 Å². The van der Waals surface area contributed by atoms with Crippen LogP contribution >= 0.6 is 0 Å². The van der Waals surface area contributed by atoms with Gasteiger partial charge in [0, 0.05) is 13.1 Å². The SMILES string of the molecule is Cc1ccc(S(=O)(=O)Oc2ccc(S(=O)(=O)N3CCCC3)cc2C(=O)O)cc1C. The number of hydrogen-bond acceptors (Lipinski definition) is 6. The number of carboxylic acids is 1. The van der Waals surface area contributed by atoms with Gasteiger partial charge in [-0.25, -0.2) is 13.2 Å². The number of rotatable bonds is 6. The Morgan fingerprint density at radius 1 is 0.931 bits per heavy atom. The van der Waals surface area contributed by atoms with Gasteiger partial charge in [-0.2, -0.15) is 12.7 Å². The molecule has 2 aromatic carbocycles. The predicted molar refractivity (Wildman–Crippen MR) is 105 cm³/mol. The normalized spacial score (nSPS) is 15.4. The molecular formula is C19H21NO7S2. The summed E-state index contributed by atoms with van der Waals surface area (Å²) in [6.45, 7) is 4.30. The fourth-order valence-electron chi connectivity index (χ4n) is 3.02. The fraction of sp³-hybridized carbons (Fsp3) is 0.316. The molecule has 0 amide bonds. The molecule has 10 heteroatoms. The average molecular weight is 440 g/mol. The molecule has 0 saturated carbocycles. The van der Waals surface area contributed by atoms with Crippen LogP contribution in [0.25, 0.3) is 0 Å². The minimum atomic E-state index is -4.30. The maximum atomic E-state index is 12.7. The van der Waals surface area contributed by atoms with Crippen LogP contribution in [-0.4, -0.2) is 45.3 Å². The number of aromatic carboxylic acids is 1. The zero-order valence-electron chi connectivity index (χ0n) is 16.0. The molecule has 1 heterocycles.